The van der Waals surface area contributed by atoms with Crippen LogP contribution in [0.2, 0.25) is 0 Å². The van der Waals surface area contributed by atoms with Crippen LogP contribution in [0, 0.1) is 23.0 Å². The number of aliphatic carboxylic acids is 1. The SMILES string of the molecule is CC1(C)CC[C@H]1N1CC[C@H](NC(=O)c2cc(-c3ccc(F)cc3F)on2)[C@@H](C(=O)O)C1. The predicted octanol–water partition coefficient (Wildman–Crippen LogP) is 3.31. The summed E-state index contributed by atoms with van der Waals surface area (Å²) < 4.78 is 32.1. The molecule has 1 aliphatic carbocycles. The van der Waals surface area contributed by atoms with Gasteiger partial charge in [-0.25, -0.2) is 8.78 Å². The maximum absolute atomic E-state index is 14.0. The Morgan fingerprint density at radius 3 is 2.65 bits per heavy atom. The van der Waals surface area contributed by atoms with Crippen molar-refractivity contribution in [2.75, 3.05) is 13.1 Å². The second kappa shape index (κ2) is 8.03. The number of aromatic nitrogens is 1. The van der Waals surface area contributed by atoms with Crippen LogP contribution in [-0.4, -0.2) is 52.2 Å². The molecule has 1 saturated heterocycles. The molecule has 4 rings (SSSR count). The first kappa shape index (κ1) is 21.4. The van der Waals surface area contributed by atoms with E-state index < -0.39 is 35.5 Å². The number of carboxylic acids is 1. The number of nitrogens with one attached hydrogen (secondary N) is 1. The van der Waals surface area contributed by atoms with E-state index in [9.17, 15) is 23.5 Å². The fourth-order valence-corrected chi connectivity index (χ4v) is 4.65. The Kier molecular flexibility index (Phi) is 5.55. The second-order valence-corrected chi connectivity index (χ2v) is 9.05. The van der Waals surface area contributed by atoms with Gasteiger partial charge in [-0.15, -0.1) is 0 Å². The molecular weight excluding hydrogens is 408 g/mol. The molecule has 0 radical (unpaired) electrons. The summed E-state index contributed by atoms with van der Waals surface area (Å²) in [5.74, 6) is -3.86. The molecule has 2 N–H and O–H groups in total. The highest BCUT2D eigenvalue weighted by molar-refractivity contribution is 5.93. The van der Waals surface area contributed by atoms with Gasteiger partial charge in [0.25, 0.3) is 5.91 Å². The van der Waals surface area contributed by atoms with Crippen LogP contribution >= 0.6 is 0 Å². The summed E-state index contributed by atoms with van der Waals surface area (Å²) in [6.07, 6.45) is 2.68. The summed E-state index contributed by atoms with van der Waals surface area (Å²) in [5.41, 5.74) is 0.0597. The first-order chi connectivity index (χ1) is 14.7. The first-order valence-corrected chi connectivity index (χ1v) is 10.4. The number of benzene rings is 1. The average Bonchev–Trinajstić information content (AvgIpc) is 3.18. The Bertz CT molecular complexity index is 1010. The minimum atomic E-state index is -0.957. The number of nitrogens with zero attached hydrogens (tertiary/aromatic N) is 2. The van der Waals surface area contributed by atoms with Crippen LogP contribution in [0.25, 0.3) is 11.3 Å². The zero-order chi connectivity index (χ0) is 22.3. The molecule has 1 aromatic carbocycles. The van der Waals surface area contributed by atoms with Gasteiger partial charge < -0.3 is 14.9 Å². The van der Waals surface area contributed by atoms with Crippen LogP contribution < -0.4 is 5.32 Å². The van der Waals surface area contributed by atoms with Crippen molar-refractivity contribution >= 4 is 11.9 Å². The molecule has 166 valence electrons. The van der Waals surface area contributed by atoms with Gasteiger partial charge in [-0.05, 0) is 36.8 Å². The topological polar surface area (TPSA) is 95.7 Å². The molecule has 2 aromatic rings. The largest absolute Gasteiger partial charge is 0.481 e. The van der Waals surface area contributed by atoms with E-state index in [1.165, 1.54) is 12.1 Å². The smallest absolute Gasteiger partial charge is 0.309 e. The van der Waals surface area contributed by atoms with E-state index in [1.807, 2.05) is 0 Å². The van der Waals surface area contributed by atoms with Crippen LogP contribution in [0.3, 0.4) is 0 Å². The van der Waals surface area contributed by atoms with Crippen molar-refractivity contribution in [2.24, 2.45) is 11.3 Å². The predicted molar refractivity (Wildman–Crippen MR) is 107 cm³/mol. The van der Waals surface area contributed by atoms with Crippen LogP contribution in [0.1, 0.15) is 43.6 Å². The molecule has 1 amide bonds. The van der Waals surface area contributed by atoms with Gasteiger partial charge in [0.2, 0.25) is 0 Å². The molecular formula is C22H25F2N3O4. The molecule has 1 aromatic heterocycles. The number of rotatable bonds is 5. The van der Waals surface area contributed by atoms with E-state index in [0.717, 1.165) is 18.9 Å². The molecule has 1 aliphatic heterocycles. The maximum Gasteiger partial charge on any atom is 0.309 e. The summed E-state index contributed by atoms with van der Waals surface area (Å²) in [7, 11) is 0. The van der Waals surface area contributed by atoms with Crippen molar-refractivity contribution in [3.8, 4) is 11.3 Å². The molecule has 0 unspecified atom stereocenters. The molecule has 2 fully saturated rings. The number of carboxylic acid groups (broad SMARTS) is 1. The van der Waals surface area contributed by atoms with Crippen molar-refractivity contribution in [2.45, 2.75) is 45.2 Å². The van der Waals surface area contributed by atoms with Gasteiger partial charge in [-0.2, -0.15) is 0 Å². The maximum atomic E-state index is 14.0. The molecule has 1 saturated carbocycles. The summed E-state index contributed by atoms with van der Waals surface area (Å²) in [4.78, 5) is 26.8. The Morgan fingerprint density at radius 1 is 1.26 bits per heavy atom. The number of hydrogen-bond acceptors (Lipinski definition) is 5. The van der Waals surface area contributed by atoms with Gasteiger partial charge in [0.15, 0.2) is 11.5 Å². The number of carbonyl (C=O) groups is 2. The fraction of sp³-hybridized carbons (Fsp3) is 0.500. The molecule has 9 heteroatoms. The van der Waals surface area contributed by atoms with E-state index in [1.54, 1.807) is 0 Å². The standard InChI is InChI=1S/C22H25F2N3O4/c1-22(2)7-5-19(22)27-8-6-16(14(11-27)21(29)30)25-20(28)17-10-18(31-26-17)13-4-3-12(23)9-15(13)24/h3-4,9-10,14,16,19H,5-8,11H2,1-2H3,(H,25,28)(H,29,30)/t14-,16-,19+/m0/s1. The summed E-state index contributed by atoms with van der Waals surface area (Å²) in [6, 6.07) is 4.06. The van der Waals surface area contributed by atoms with Gasteiger partial charge in [-0.3, -0.25) is 14.5 Å². The number of halogens is 2. The minimum absolute atomic E-state index is 0.0144. The second-order valence-electron chi connectivity index (χ2n) is 9.05. The van der Waals surface area contributed by atoms with Gasteiger partial charge in [0.05, 0.1) is 11.5 Å². The number of hydrogen-bond donors (Lipinski definition) is 2. The lowest BCUT2D eigenvalue weighted by Crippen LogP contribution is -2.60. The molecule has 0 bridgehead atoms. The Balaban J connectivity index is 1.44. The highest BCUT2D eigenvalue weighted by Gasteiger charge is 2.46. The number of piperidine rings is 1. The van der Waals surface area contributed by atoms with E-state index in [0.29, 0.717) is 31.6 Å². The fourth-order valence-electron chi connectivity index (χ4n) is 4.65. The van der Waals surface area contributed by atoms with Crippen molar-refractivity contribution in [3.63, 3.8) is 0 Å². The normalized spacial score (nSPS) is 25.6. The van der Waals surface area contributed by atoms with E-state index in [2.05, 4.69) is 29.2 Å². The molecule has 2 aliphatic rings. The lowest BCUT2D eigenvalue weighted by atomic mass is 9.66. The molecule has 31 heavy (non-hydrogen) atoms. The lowest BCUT2D eigenvalue weighted by Gasteiger charge is -2.53. The van der Waals surface area contributed by atoms with E-state index in [4.69, 9.17) is 4.52 Å². The Labute approximate surface area is 178 Å². The van der Waals surface area contributed by atoms with Gasteiger partial charge in [0, 0.05) is 37.3 Å². The van der Waals surface area contributed by atoms with Crippen LogP contribution in [0.5, 0.6) is 0 Å². The summed E-state index contributed by atoms with van der Waals surface area (Å²) in [5, 5.41) is 16.2. The minimum Gasteiger partial charge on any atom is -0.481 e. The third kappa shape index (κ3) is 4.19. The van der Waals surface area contributed by atoms with Crippen LogP contribution in [-0.2, 0) is 4.79 Å². The van der Waals surface area contributed by atoms with Crippen molar-refractivity contribution in [1.82, 2.24) is 15.4 Å². The number of likely N-dealkylation sites (tertiary alicyclic amines) is 1. The number of carbonyl (C=O) groups excluding carboxylic acids is 1. The van der Waals surface area contributed by atoms with Gasteiger partial charge >= 0.3 is 5.97 Å². The monoisotopic (exact) mass is 433 g/mol. The molecule has 0 spiro atoms. The quantitative estimate of drug-likeness (QED) is 0.751. The summed E-state index contributed by atoms with van der Waals surface area (Å²) in [6.45, 7) is 5.46. The van der Waals surface area contributed by atoms with Crippen LogP contribution in [0.4, 0.5) is 8.78 Å². The molecule has 7 nitrogen and oxygen atoms in total. The third-order valence-corrected chi connectivity index (χ3v) is 6.62. The first-order valence-electron chi connectivity index (χ1n) is 10.4. The Morgan fingerprint density at radius 2 is 2.03 bits per heavy atom. The number of amides is 1. The highest BCUT2D eigenvalue weighted by atomic mass is 19.1. The van der Waals surface area contributed by atoms with Crippen LogP contribution in [0.15, 0.2) is 28.8 Å². The van der Waals surface area contributed by atoms with Crippen molar-refractivity contribution < 1.29 is 28.0 Å². The van der Waals surface area contributed by atoms with E-state index in [-0.39, 0.29) is 22.4 Å². The van der Waals surface area contributed by atoms with Crippen molar-refractivity contribution in [1.29, 1.82) is 0 Å². The zero-order valence-electron chi connectivity index (χ0n) is 17.4. The average molecular weight is 433 g/mol. The van der Waals surface area contributed by atoms with Gasteiger partial charge in [-0.1, -0.05) is 19.0 Å². The summed E-state index contributed by atoms with van der Waals surface area (Å²) >= 11 is 0. The highest BCUT2D eigenvalue weighted by Crippen LogP contribution is 2.44. The van der Waals surface area contributed by atoms with E-state index >= 15 is 0 Å². The molecule has 3 atom stereocenters. The van der Waals surface area contributed by atoms with Gasteiger partial charge in [0.1, 0.15) is 11.6 Å². The molecule has 2 heterocycles. The third-order valence-electron chi connectivity index (χ3n) is 6.62. The van der Waals surface area contributed by atoms with Crippen molar-refractivity contribution in [3.05, 3.63) is 41.6 Å². The lowest BCUT2D eigenvalue weighted by molar-refractivity contribution is -0.146. The Hall–Kier alpha value is -2.81. The zero-order valence-corrected chi connectivity index (χ0v) is 17.4.